The minimum Gasteiger partial charge on any atom is -0.478 e. The number of amides is 1. The number of anilines is 1. The molecule has 2 N–H and O–H groups in total. The summed E-state index contributed by atoms with van der Waals surface area (Å²) in [7, 11) is 0. The molecule has 0 bridgehead atoms. The molecule has 2 rings (SSSR count). The average molecular weight is 309 g/mol. The van der Waals surface area contributed by atoms with Gasteiger partial charge in [-0.3, -0.25) is 10.1 Å². The highest BCUT2D eigenvalue weighted by atomic mass is 32.1. The lowest BCUT2D eigenvalue weighted by Gasteiger charge is -1.99. The molecule has 1 amide bonds. The van der Waals surface area contributed by atoms with Crippen LogP contribution in [0, 0.1) is 0 Å². The highest BCUT2D eigenvalue weighted by Gasteiger charge is 2.14. The first kappa shape index (κ1) is 14.4. The molecule has 0 aliphatic rings. The Hall–Kier alpha value is -2.06. The van der Waals surface area contributed by atoms with Crippen LogP contribution in [0.25, 0.3) is 6.08 Å². The van der Waals surface area contributed by atoms with Crippen molar-refractivity contribution in [3.8, 4) is 0 Å². The minimum atomic E-state index is -1.06. The normalized spacial score (nSPS) is 10.8. The minimum absolute atomic E-state index is 0.316. The van der Waals surface area contributed by atoms with Crippen LogP contribution in [0.2, 0.25) is 0 Å². The number of carboxylic acid groups (broad SMARTS) is 1. The van der Waals surface area contributed by atoms with E-state index >= 15 is 0 Å². The van der Waals surface area contributed by atoms with Crippen molar-refractivity contribution in [2.24, 2.45) is 0 Å². The van der Waals surface area contributed by atoms with Gasteiger partial charge in [0.2, 0.25) is 5.13 Å². The van der Waals surface area contributed by atoms with Crippen LogP contribution in [0.4, 0.5) is 5.13 Å². The van der Waals surface area contributed by atoms with Crippen LogP contribution in [-0.2, 0) is 11.2 Å². The number of carboxylic acids is 1. The number of nitrogens with zero attached hydrogens (tertiary/aromatic N) is 2. The summed E-state index contributed by atoms with van der Waals surface area (Å²) in [4.78, 5) is 23.0. The van der Waals surface area contributed by atoms with Crippen LogP contribution in [0.15, 0.2) is 17.5 Å². The Morgan fingerprint density at radius 2 is 2.25 bits per heavy atom. The van der Waals surface area contributed by atoms with Crippen LogP contribution >= 0.6 is 22.7 Å². The molecule has 20 heavy (non-hydrogen) atoms. The molecule has 6 nitrogen and oxygen atoms in total. The fraction of sp³-hybridized carbons (Fsp3) is 0.167. The molecular formula is C12H11N3O3S2. The summed E-state index contributed by atoms with van der Waals surface area (Å²) in [5.41, 5.74) is 0.565. The average Bonchev–Trinajstić information content (AvgIpc) is 3.04. The van der Waals surface area contributed by atoms with E-state index in [-0.39, 0.29) is 5.91 Å². The van der Waals surface area contributed by atoms with E-state index in [0.717, 1.165) is 17.5 Å². The second-order valence-corrected chi connectivity index (χ2v) is 5.66. The van der Waals surface area contributed by atoms with Crippen molar-refractivity contribution in [1.82, 2.24) is 10.2 Å². The maximum Gasteiger partial charge on any atom is 0.328 e. The fourth-order valence-electron chi connectivity index (χ4n) is 1.40. The summed E-state index contributed by atoms with van der Waals surface area (Å²) in [6.45, 7) is 1.96. The Kier molecular flexibility index (Phi) is 4.59. The van der Waals surface area contributed by atoms with E-state index in [1.54, 1.807) is 11.4 Å². The third kappa shape index (κ3) is 3.49. The van der Waals surface area contributed by atoms with Crippen molar-refractivity contribution >= 4 is 45.8 Å². The molecule has 0 aliphatic heterocycles. The Balaban J connectivity index is 2.13. The molecule has 2 heterocycles. The molecule has 0 radical (unpaired) electrons. The van der Waals surface area contributed by atoms with Gasteiger partial charge < -0.3 is 5.11 Å². The molecule has 0 saturated carbocycles. The Labute approximate surface area is 122 Å². The number of nitrogens with one attached hydrogen (secondary N) is 1. The highest BCUT2D eigenvalue weighted by Crippen LogP contribution is 2.22. The first-order valence-corrected chi connectivity index (χ1v) is 7.42. The van der Waals surface area contributed by atoms with Gasteiger partial charge in [-0.2, -0.15) is 0 Å². The molecular weight excluding hydrogens is 298 g/mol. The number of hydrogen-bond acceptors (Lipinski definition) is 6. The van der Waals surface area contributed by atoms with Crippen molar-refractivity contribution in [3.05, 3.63) is 33.0 Å². The Bertz CT molecular complexity index is 660. The standard InChI is InChI=1S/C12H11N3O3S2/c1-2-8-14-15-12(20-8)13-11(18)10-7(5-6-19-10)3-4-9(16)17/h3-6H,2H2,1H3,(H,16,17)(H,13,15,18)/b4-3+. The second kappa shape index (κ2) is 6.40. The smallest absolute Gasteiger partial charge is 0.328 e. The van der Waals surface area contributed by atoms with Crippen LogP contribution < -0.4 is 5.32 Å². The van der Waals surface area contributed by atoms with Gasteiger partial charge in [0.05, 0.1) is 4.88 Å². The number of aromatic nitrogens is 2. The number of carbonyl (C=O) groups excluding carboxylic acids is 1. The lowest BCUT2D eigenvalue weighted by atomic mass is 10.2. The predicted molar refractivity (Wildman–Crippen MR) is 78.2 cm³/mol. The van der Waals surface area contributed by atoms with E-state index < -0.39 is 5.97 Å². The number of aliphatic carboxylic acids is 1. The van der Waals surface area contributed by atoms with Crippen LogP contribution in [0.1, 0.15) is 27.2 Å². The van der Waals surface area contributed by atoms with Gasteiger partial charge in [-0.1, -0.05) is 18.3 Å². The summed E-state index contributed by atoms with van der Waals surface area (Å²) >= 11 is 2.56. The lowest BCUT2D eigenvalue weighted by Crippen LogP contribution is -2.11. The second-order valence-electron chi connectivity index (χ2n) is 3.69. The summed E-state index contributed by atoms with van der Waals surface area (Å²) in [6, 6.07) is 1.69. The molecule has 0 spiro atoms. The van der Waals surface area contributed by atoms with Crippen molar-refractivity contribution in [2.45, 2.75) is 13.3 Å². The fourth-order valence-corrected chi connectivity index (χ4v) is 2.85. The third-order valence-corrected chi connectivity index (χ3v) is 4.21. The maximum atomic E-state index is 12.1. The van der Waals surface area contributed by atoms with Crippen molar-refractivity contribution < 1.29 is 14.7 Å². The summed E-state index contributed by atoms with van der Waals surface area (Å²) in [5, 5.41) is 22.1. The summed E-state index contributed by atoms with van der Waals surface area (Å²) < 4.78 is 0. The van der Waals surface area contributed by atoms with Gasteiger partial charge in [-0.25, -0.2) is 4.79 Å². The topological polar surface area (TPSA) is 92.2 Å². The SMILES string of the molecule is CCc1nnc(NC(=O)c2sccc2/C=C/C(=O)O)s1. The first-order chi connectivity index (χ1) is 9.60. The van der Waals surface area contributed by atoms with E-state index in [1.807, 2.05) is 6.92 Å². The molecule has 104 valence electrons. The van der Waals surface area contributed by atoms with Crippen LogP contribution in [-0.4, -0.2) is 27.2 Å². The monoisotopic (exact) mass is 309 g/mol. The van der Waals surface area contributed by atoms with E-state index in [9.17, 15) is 9.59 Å². The van der Waals surface area contributed by atoms with Crippen molar-refractivity contribution in [3.63, 3.8) is 0 Å². The molecule has 8 heteroatoms. The van der Waals surface area contributed by atoms with E-state index in [2.05, 4.69) is 15.5 Å². The van der Waals surface area contributed by atoms with Gasteiger partial charge in [0.25, 0.3) is 5.91 Å². The number of rotatable bonds is 5. The number of aryl methyl sites for hydroxylation is 1. The molecule has 2 aromatic heterocycles. The molecule has 0 aromatic carbocycles. The quantitative estimate of drug-likeness (QED) is 0.828. The van der Waals surface area contributed by atoms with Gasteiger partial charge in [0.15, 0.2) is 0 Å². The van der Waals surface area contributed by atoms with E-state index in [0.29, 0.717) is 15.6 Å². The van der Waals surface area contributed by atoms with Gasteiger partial charge in [-0.15, -0.1) is 21.5 Å². The number of hydrogen-bond donors (Lipinski definition) is 2. The van der Waals surface area contributed by atoms with Gasteiger partial charge in [0, 0.05) is 6.08 Å². The van der Waals surface area contributed by atoms with Crippen LogP contribution in [0.3, 0.4) is 0 Å². The van der Waals surface area contributed by atoms with Gasteiger partial charge in [-0.05, 0) is 29.5 Å². The van der Waals surface area contributed by atoms with E-state index in [1.165, 1.54) is 28.7 Å². The Morgan fingerprint density at radius 3 is 2.90 bits per heavy atom. The Morgan fingerprint density at radius 1 is 1.45 bits per heavy atom. The van der Waals surface area contributed by atoms with Crippen molar-refractivity contribution in [1.29, 1.82) is 0 Å². The third-order valence-electron chi connectivity index (χ3n) is 2.30. The van der Waals surface area contributed by atoms with Crippen molar-refractivity contribution in [2.75, 3.05) is 5.32 Å². The van der Waals surface area contributed by atoms with Crippen LogP contribution in [0.5, 0.6) is 0 Å². The zero-order valence-corrected chi connectivity index (χ0v) is 12.1. The molecule has 0 atom stereocenters. The molecule has 0 aliphatic carbocycles. The van der Waals surface area contributed by atoms with Gasteiger partial charge >= 0.3 is 5.97 Å². The van der Waals surface area contributed by atoms with E-state index in [4.69, 9.17) is 5.11 Å². The maximum absolute atomic E-state index is 12.1. The first-order valence-electron chi connectivity index (χ1n) is 5.72. The zero-order chi connectivity index (χ0) is 14.5. The molecule has 2 aromatic rings. The highest BCUT2D eigenvalue weighted by molar-refractivity contribution is 7.15. The predicted octanol–water partition coefficient (Wildman–Crippen LogP) is 2.51. The summed E-state index contributed by atoms with van der Waals surface area (Å²) in [5.74, 6) is -1.37. The zero-order valence-electron chi connectivity index (χ0n) is 10.5. The molecule has 0 saturated heterocycles. The molecule has 0 unspecified atom stereocenters. The lowest BCUT2D eigenvalue weighted by molar-refractivity contribution is -0.131. The molecule has 0 fully saturated rings. The summed E-state index contributed by atoms with van der Waals surface area (Å²) in [6.07, 6.45) is 3.16. The number of thiophene rings is 1. The largest absolute Gasteiger partial charge is 0.478 e. The number of carbonyl (C=O) groups is 2. The van der Waals surface area contributed by atoms with Gasteiger partial charge in [0.1, 0.15) is 5.01 Å².